The van der Waals surface area contributed by atoms with Crippen molar-refractivity contribution >= 4 is 11.3 Å². The number of hydrogen-bond donors (Lipinski definition) is 2. The van der Waals surface area contributed by atoms with Crippen molar-refractivity contribution in [3.8, 4) is 11.3 Å². The molecule has 39 heavy (non-hydrogen) atoms. The molecule has 0 aliphatic carbocycles. The molecular weight excluding hydrogens is 510 g/mol. The number of aliphatic hydroxyl groups is 1. The van der Waals surface area contributed by atoms with E-state index in [1.54, 1.807) is 0 Å². The minimum Gasteiger partial charge on any atom is -0.382 e. The van der Waals surface area contributed by atoms with E-state index in [1.165, 1.54) is 54.1 Å². The van der Waals surface area contributed by atoms with Gasteiger partial charge in [-0.1, -0.05) is 24.3 Å². The fraction of sp³-hybridized carbons (Fsp3) is 0.379. The Hall–Kier alpha value is -3.50. The fourth-order valence-corrected chi connectivity index (χ4v) is 6.19. The van der Waals surface area contributed by atoms with Gasteiger partial charge in [-0.25, -0.2) is 23.1 Å². The number of nitrogens with two attached hydrogens (primary N) is 1. The van der Waals surface area contributed by atoms with Crippen molar-refractivity contribution in [2.24, 2.45) is 0 Å². The molecule has 0 spiro atoms. The highest BCUT2D eigenvalue weighted by Gasteiger charge is 2.35. The zero-order valence-electron chi connectivity index (χ0n) is 21.4. The van der Waals surface area contributed by atoms with Crippen LogP contribution in [0, 0.1) is 11.8 Å². The van der Waals surface area contributed by atoms with Gasteiger partial charge in [-0.05, 0) is 68.5 Å². The molecule has 2 saturated heterocycles. The molecule has 0 bridgehead atoms. The van der Waals surface area contributed by atoms with Gasteiger partial charge in [0, 0.05) is 29.6 Å². The zero-order chi connectivity index (χ0) is 27.5. The number of hydrogen-bond acceptors (Lipinski definition) is 5. The maximum atomic E-state index is 15.7. The van der Waals surface area contributed by atoms with Crippen LogP contribution >= 0.6 is 0 Å². The largest absolute Gasteiger partial charge is 0.382 e. The number of nitrogens with zero attached hydrogens (tertiary/aromatic N) is 4. The summed E-state index contributed by atoms with van der Waals surface area (Å²) in [5.74, 6) is -0.885. The van der Waals surface area contributed by atoms with Gasteiger partial charge in [-0.2, -0.15) is 4.39 Å². The molecule has 3 atom stereocenters. The van der Waals surface area contributed by atoms with Gasteiger partial charge in [0.15, 0.2) is 0 Å². The normalized spacial score (nSPS) is 21.4. The van der Waals surface area contributed by atoms with E-state index in [0.717, 1.165) is 44.6 Å². The molecule has 3 N–H and O–H groups in total. The van der Waals surface area contributed by atoms with Crippen LogP contribution in [0.5, 0.6) is 0 Å². The van der Waals surface area contributed by atoms with Crippen LogP contribution in [0.2, 0.25) is 0 Å². The number of benzene rings is 2. The number of halogens is 4. The van der Waals surface area contributed by atoms with Crippen LogP contribution < -0.4 is 5.73 Å². The van der Waals surface area contributed by atoms with Gasteiger partial charge in [0.2, 0.25) is 5.95 Å². The van der Waals surface area contributed by atoms with Gasteiger partial charge >= 0.3 is 0 Å². The highest BCUT2D eigenvalue weighted by Crippen LogP contribution is 2.40. The Morgan fingerprint density at radius 2 is 1.87 bits per heavy atom. The van der Waals surface area contributed by atoms with Crippen LogP contribution in [0.25, 0.3) is 16.8 Å². The average molecular weight is 540 g/mol. The van der Waals surface area contributed by atoms with E-state index >= 15 is 8.78 Å². The minimum atomic E-state index is -2.71. The van der Waals surface area contributed by atoms with Crippen LogP contribution in [0.3, 0.4) is 0 Å². The van der Waals surface area contributed by atoms with E-state index in [9.17, 15) is 13.9 Å². The van der Waals surface area contributed by atoms with E-state index in [0.29, 0.717) is 11.9 Å². The maximum Gasteiger partial charge on any atom is 0.263 e. The summed E-state index contributed by atoms with van der Waals surface area (Å²) in [6.07, 6.45) is 2.47. The van der Waals surface area contributed by atoms with Crippen molar-refractivity contribution in [1.82, 2.24) is 19.3 Å². The molecule has 2 aliphatic heterocycles. The molecule has 1 unspecified atom stereocenters. The standard InChI is InChI=1S/C29H29F4N5O/c1-29(39,18-5-2-4-16(12-18)26(32)33)19-8-10-21(22(30)13-19)24-25-27(34)35-14-23(31)38(25)28(36-24)17-7-9-20-6-3-11-37(20)15-17/h2,4-5,8,10,12-14,17,20,26,39H,3,6-7,9,11,15H2,1H3,(H2,34,35)/t17-,20-,29?/m1/s1. The number of aromatic nitrogens is 3. The molecule has 2 aromatic carbocycles. The topological polar surface area (TPSA) is 79.7 Å². The van der Waals surface area contributed by atoms with E-state index in [2.05, 4.69) is 9.88 Å². The van der Waals surface area contributed by atoms with Crippen LogP contribution in [-0.4, -0.2) is 43.5 Å². The van der Waals surface area contributed by atoms with Gasteiger partial charge in [-0.3, -0.25) is 9.30 Å². The lowest BCUT2D eigenvalue weighted by Crippen LogP contribution is -2.38. The smallest absolute Gasteiger partial charge is 0.263 e. The summed E-state index contributed by atoms with van der Waals surface area (Å²) in [7, 11) is 0. The molecule has 6 nitrogen and oxygen atoms in total. The second-order valence-corrected chi connectivity index (χ2v) is 10.7. The van der Waals surface area contributed by atoms with Crippen LogP contribution in [0.15, 0.2) is 48.7 Å². The summed E-state index contributed by atoms with van der Waals surface area (Å²) in [6.45, 7) is 3.16. The van der Waals surface area contributed by atoms with Gasteiger partial charge in [0.25, 0.3) is 6.43 Å². The van der Waals surface area contributed by atoms with Crippen molar-refractivity contribution < 1.29 is 22.7 Å². The predicted octanol–water partition coefficient (Wildman–Crippen LogP) is 5.79. The Bertz CT molecular complexity index is 1550. The van der Waals surface area contributed by atoms with Gasteiger partial charge in [0.1, 0.15) is 34.3 Å². The van der Waals surface area contributed by atoms with Gasteiger partial charge in [-0.15, -0.1) is 0 Å². The third kappa shape index (κ3) is 4.35. The summed E-state index contributed by atoms with van der Waals surface area (Å²) in [6, 6.07) is 10.1. The summed E-state index contributed by atoms with van der Waals surface area (Å²) in [5, 5.41) is 11.2. The Labute approximate surface area is 223 Å². The van der Waals surface area contributed by atoms with E-state index < -0.39 is 23.8 Å². The molecule has 2 aromatic heterocycles. The number of alkyl halides is 2. The van der Waals surface area contributed by atoms with E-state index in [1.807, 2.05) is 0 Å². The second kappa shape index (κ2) is 9.60. The molecule has 10 heteroatoms. The Morgan fingerprint density at radius 3 is 2.64 bits per heavy atom. The molecule has 0 saturated carbocycles. The van der Waals surface area contributed by atoms with Crippen LogP contribution in [0.4, 0.5) is 23.4 Å². The second-order valence-electron chi connectivity index (χ2n) is 10.7. The lowest BCUT2D eigenvalue weighted by atomic mass is 9.86. The number of imidazole rings is 1. The van der Waals surface area contributed by atoms with Crippen LogP contribution in [0.1, 0.15) is 67.5 Å². The number of piperidine rings is 1. The third-order valence-corrected chi connectivity index (χ3v) is 8.32. The van der Waals surface area contributed by atoms with Crippen molar-refractivity contribution in [2.45, 2.75) is 56.6 Å². The summed E-state index contributed by atoms with van der Waals surface area (Å²) in [5.41, 5.74) is 5.01. The summed E-state index contributed by atoms with van der Waals surface area (Å²) in [4.78, 5) is 11.1. The SMILES string of the molecule is CC(O)(c1cccc(C(F)F)c1)c1ccc(-c2nc([C@@H]3CC[C@H]4CCCN4C3)n3c(F)cnc(N)c23)c(F)c1. The average Bonchev–Trinajstić information content (AvgIpc) is 3.56. The van der Waals surface area contributed by atoms with Gasteiger partial charge < -0.3 is 10.8 Å². The minimum absolute atomic E-state index is 0.0271. The summed E-state index contributed by atoms with van der Waals surface area (Å²) < 4.78 is 58.7. The lowest BCUT2D eigenvalue weighted by molar-refractivity contribution is 0.101. The number of nitrogen functional groups attached to an aromatic ring is 1. The zero-order valence-corrected chi connectivity index (χ0v) is 21.4. The molecule has 0 amide bonds. The maximum absolute atomic E-state index is 15.7. The Morgan fingerprint density at radius 1 is 1.08 bits per heavy atom. The lowest BCUT2D eigenvalue weighted by Gasteiger charge is -2.34. The van der Waals surface area contributed by atoms with Crippen molar-refractivity contribution in [3.05, 3.63) is 82.9 Å². The first-order chi connectivity index (χ1) is 18.6. The summed E-state index contributed by atoms with van der Waals surface area (Å²) >= 11 is 0. The van der Waals surface area contributed by atoms with Gasteiger partial charge in [0.05, 0.1) is 6.20 Å². The molecule has 4 aromatic rings. The quantitative estimate of drug-likeness (QED) is 0.314. The number of anilines is 1. The van der Waals surface area contributed by atoms with Crippen molar-refractivity contribution in [3.63, 3.8) is 0 Å². The number of rotatable bonds is 5. The predicted molar refractivity (Wildman–Crippen MR) is 139 cm³/mol. The monoisotopic (exact) mass is 539 g/mol. The van der Waals surface area contributed by atoms with E-state index in [4.69, 9.17) is 10.7 Å². The molecular formula is C29H29F4N5O. The van der Waals surface area contributed by atoms with Crippen LogP contribution in [-0.2, 0) is 5.60 Å². The highest BCUT2D eigenvalue weighted by atomic mass is 19.3. The first kappa shape index (κ1) is 25.8. The fourth-order valence-electron chi connectivity index (χ4n) is 6.19. The van der Waals surface area contributed by atoms with Crippen molar-refractivity contribution in [1.29, 1.82) is 0 Å². The third-order valence-electron chi connectivity index (χ3n) is 8.32. The Kier molecular flexibility index (Phi) is 6.34. The molecule has 204 valence electrons. The molecule has 4 heterocycles. The molecule has 2 fully saturated rings. The first-order valence-electron chi connectivity index (χ1n) is 13.1. The van der Waals surface area contributed by atoms with Crippen molar-refractivity contribution in [2.75, 3.05) is 18.8 Å². The Balaban J connectivity index is 1.42. The van der Waals surface area contributed by atoms with E-state index in [-0.39, 0.29) is 45.2 Å². The highest BCUT2D eigenvalue weighted by molar-refractivity contribution is 5.85. The first-order valence-corrected chi connectivity index (χ1v) is 13.1. The molecule has 6 rings (SSSR count). The number of fused-ring (bicyclic) bond motifs is 2. The molecule has 0 radical (unpaired) electrons. The molecule has 2 aliphatic rings.